The first kappa shape index (κ1) is 7.99. The smallest absolute Gasteiger partial charge is 0.109 e. The lowest BCUT2D eigenvalue weighted by molar-refractivity contribution is 0.895. The predicted molar refractivity (Wildman–Crippen MR) is 55.1 cm³/mol. The Morgan fingerprint density at radius 3 is 3.00 bits per heavy atom. The van der Waals surface area contributed by atoms with E-state index in [4.69, 9.17) is 0 Å². The Balaban J connectivity index is 2.53. The standard InChI is InChI=1S/C10H10BrN/c1-7-9-5-3-2-4-8(9)6-10(11)12-7/h2-5,10H,6H2,1H3. The van der Waals surface area contributed by atoms with E-state index in [9.17, 15) is 0 Å². The van der Waals surface area contributed by atoms with Gasteiger partial charge < -0.3 is 0 Å². The van der Waals surface area contributed by atoms with E-state index in [1.54, 1.807) is 0 Å². The number of benzene rings is 1. The first-order valence-electron chi connectivity index (χ1n) is 4.04. The van der Waals surface area contributed by atoms with Crippen LogP contribution in [0.15, 0.2) is 29.3 Å². The number of fused-ring (bicyclic) bond motifs is 1. The highest BCUT2D eigenvalue weighted by Gasteiger charge is 2.14. The summed E-state index contributed by atoms with van der Waals surface area (Å²) in [5.74, 6) is 0. The summed E-state index contributed by atoms with van der Waals surface area (Å²) in [6, 6.07) is 8.44. The molecule has 0 fully saturated rings. The molecule has 12 heavy (non-hydrogen) atoms. The number of alkyl halides is 1. The zero-order chi connectivity index (χ0) is 8.55. The number of halogens is 1. The molecule has 62 valence electrons. The topological polar surface area (TPSA) is 12.4 Å². The SMILES string of the molecule is CC1=NC(Br)Cc2ccccc21. The molecule has 0 aromatic heterocycles. The van der Waals surface area contributed by atoms with E-state index in [0.717, 1.165) is 12.1 Å². The molecule has 0 aliphatic carbocycles. The summed E-state index contributed by atoms with van der Waals surface area (Å²) in [7, 11) is 0. The fourth-order valence-corrected chi connectivity index (χ4v) is 2.21. The van der Waals surface area contributed by atoms with Crippen LogP contribution >= 0.6 is 15.9 Å². The molecule has 1 unspecified atom stereocenters. The molecule has 1 aliphatic heterocycles. The van der Waals surface area contributed by atoms with E-state index in [0.29, 0.717) is 0 Å². The van der Waals surface area contributed by atoms with Gasteiger partial charge in [0.2, 0.25) is 0 Å². The summed E-state index contributed by atoms with van der Waals surface area (Å²) in [5, 5.41) is 0. The van der Waals surface area contributed by atoms with Crippen molar-refractivity contribution in [1.29, 1.82) is 0 Å². The average Bonchev–Trinajstić information content (AvgIpc) is 2.04. The van der Waals surface area contributed by atoms with Crippen LogP contribution in [0.5, 0.6) is 0 Å². The minimum Gasteiger partial charge on any atom is -0.274 e. The van der Waals surface area contributed by atoms with Crippen LogP contribution in [0.4, 0.5) is 0 Å². The number of hydrogen-bond acceptors (Lipinski definition) is 1. The van der Waals surface area contributed by atoms with Crippen LogP contribution in [-0.2, 0) is 6.42 Å². The molecule has 0 N–H and O–H groups in total. The zero-order valence-electron chi connectivity index (χ0n) is 6.92. The van der Waals surface area contributed by atoms with E-state index in [1.165, 1.54) is 11.1 Å². The molecule has 0 saturated heterocycles. The largest absolute Gasteiger partial charge is 0.274 e. The van der Waals surface area contributed by atoms with Gasteiger partial charge in [0, 0.05) is 12.1 Å². The van der Waals surface area contributed by atoms with E-state index in [1.807, 2.05) is 0 Å². The fourth-order valence-electron chi connectivity index (χ4n) is 1.56. The van der Waals surface area contributed by atoms with Crippen molar-refractivity contribution in [2.75, 3.05) is 0 Å². The molecule has 0 saturated carbocycles. The quantitative estimate of drug-likeness (QED) is 0.474. The van der Waals surface area contributed by atoms with Crippen LogP contribution in [0.2, 0.25) is 0 Å². The van der Waals surface area contributed by atoms with Crippen LogP contribution in [0.3, 0.4) is 0 Å². The molecule has 1 atom stereocenters. The third-order valence-corrected chi connectivity index (χ3v) is 2.66. The van der Waals surface area contributed by atoms with Crippen molar-refractivity contribution in [3.05, 3.63) is 35.4 Å². The number of nitrogens with zero attached hydrogens (tertiary/aromatic N) is 1. The fraction of sp³-hybridized carbons (Fsp3) is 0.300. The number of aliphatic imine (C=N–C) groups is 1. The molecule has 1 aromatic carbocycles. The van der Waals surface area contributed by atoms with Crippen molar-refractivity contribution in [3.63, 3.8) is 0 Å². The van der Waals surface area contributed by atoms with Gasteiger partial charge in [-0.2, -0.15) is 0 Å². The van der Waals surface area contributed by atoms with Gasteiger partial charge in [-0.1, -0.05) is 40.2 Å². The molecule has 0 amide bonds. The average molecular weight is 224 g/mol. The van der Waals surface area contributed by atoms with Gasteiger partial charge in [0.05, 0.1) is 0 Å². The van der Waals surface area contributed by atoms with E-state index in [-0.39, 0.29) is 4.95 Å². The third-order valence-electron chi connectivity index (χ3n) is 2.13. The van der Waals surface area contributed by atoms with Crippen LogP contribution in [0, 0.1) is 0 Å². The van der Waals surface area contributed by atoms with Crippen LogP contribution in [-0.4, -0.2) is 10.7 Å². The monoisotopic (exact) mass is 223 g/mol. The summed E-state index contributed by atoms with van der Waals surface area (Å²) in [6.07, 6.45) is 1.01. The Bertz CT molecular complexity index is 330. The molecule has 1 aromatic rings. The van der Waals surface area contributed by atoms with Crippen LogP contribution < -0.4 is 0 Å². The maximum absolute atomic E-state index is 4.46. The Morgan fingerprint density at radius 2 is 2.17 bits per heavy atom. The summed E-state index contributed by atoms with van der Waals surface area (Å²) in [6.45, 7) is 2.06. The van der Waals surface area contributed by atoms with Gasteiger partial charge >= 0.3 is 0 Å². The molecular formula is C10H10BrN. The summed E-state index contributed by atoms with van der Waals surface area (Å²) in [4.78, 5) is 4.73. The first-order chi connectivity index (χ1) is 5.77. The Kier molecular flexibility index (Phi) is 2.01. The predicted octanol–water partition coefficient (Wildman–Crippen LogP) is 2.77. The van der Waals surface area contributed by atoms with E-state index in [2.05, 4.69) is 52.1 Å². The second-order valence-corrected chi connectivity index (χ2v) is 4.07. The minimum absolute atomic E-state index is 0.271. The van der Waals surface area contributed by atoms with Gasteiger partial charge in [0.25, 0.3) is 0 Å². The van der Waals surface area contributed by atoms with Crippen molar-refractivity contribution in [1.82, 2.24) is 0 Å². The Morgan fingerprint density at radius 1 is 1.42 bits per heavy atom. The van der Waals surface area contributed by atoms with Gasteiger partial charge in [0.15, 0.2) is 0 Å². The first-order valence-corrected chi connectivity index (χ1v) is 4.95. The Hall–Kier alpha value is -0.630. The lowest BCUT2D eigenvalue weighted by atomic mass is 9.99. The molecule has 0 bridgehead atoms. The van der Waals surface area contributed by atoms with Gasteiger partial charge in [0.1, 0.15) is 4.95 Å². The highest BCUT2D eigenvalue weighted by atomic mass is 79.9. The van der Waals surface area contributed by atoms with Crippen molar-refractivity contribution >= 4 is 21.6 Å². The van der Waals surface area contributed by atoms with Gasteiger partial charge in [-0.05, 0) is 18.1 Å². The molecular weight excluding hydrogens is 214 g/mol. The zero-order valence-corrected chi connectivity index (χ0v) is 8.51. The summed E-state index contributed by atoms with van der Waals surface area (Å²) >= 11 is 3.51. The van der Waals surface area contributed by atoms with Gasteiger partial charge in [-0.15, -0.1) is 0 Å². The van der Waals surface area contributed by atoms with Crippen molar-refractivity contribution < 1.29 is 0 Å². The van der Waals surface area contributed by atoms with Crippen LogP contribution in [0.25, 0.3) is 0 Å². The highest BCUT2D eigenvalue weighted by molar-refractivity contribution is 9.09. The molecule has 0 spiro atoms. The maximum atomic E-state index is 4.46. The molecule has 2 rings (SSSR count). The summed E-state index contributed by atoms with van der Waals surface area (Å²) < 4.78 is 0. The molecule has 1 nitrogen and oxygen atoms in total. The van der Waals surface area contributed by atoms with Gasteiger partial charge in [-0.3, -0.25) is 4.99 Å². The molecule has 2 heteroatoms. The third kappa shape index (κ3) is 1.31. The second kappa shape index (κ2) is 3.02. The summed E-state index contributed by atoms with van der Waals surface area (Å²) in [5.41, 5.74) is 3.83. The van der Waals surface area contributed by atoms with E-state index >= 15 is 0 Å². The van der Waals surface area contributed by atoms with E-state index < -0.39 is 0 Å². The molecule has 1 aliphatic rings. The lowest BCUT2D eigenvalue weighted by Crippen LogP contribution is -2.14. The number of rotatable bonds is 0. The maximum Gasteiger partial charge on any atom is 0.109 e. The Labute approximate surface area is 80.6 Å². The van der Waals surface area contributed by atoms with Gasteiger partial charge in [-0.25, -0.2) is 0 Å². The van der Waals surface area contributed by atoms with Crippen molar-refractivity contribution in [3.8, 4) is 0 Å². The number of hydrogen-bond donors (Lipinski definition) is 0. The minimum atomic E-state index is 0.271. The lowest BCUT2D eigenvalue weighted by Gasteiger charge is -2.17. The van der Waals surface area contributed by atoms with Crippen LogP contribution in [0.1, 0.15) is 18.1 Å². The highest BCUT2D eigenvalue weighted by Crippen LogP contribution is 2.22. The normalized spacial score (nSPS) is 21.5. The van der Waals surface area contributed by atoms with Crippen molar-refractivity contribution in [2.45, 2.75) is 18.3 Å². The molecule has 0 radical (unpaired) electrons. The molecule has 1 heterocycles. The second-order valence-electron chi connectivity index (χ2n) is 3.01. The van der Waals surface area contributed by atoms with Crippen molar-refractivity contribution in [2.24, 2.45) is 4.99 Å².